The van der Waals surface area contributed by atoms with Crippen molar-refractivity contribution in [3.05, 3.63) is 224 Å². The molecule has 1 unspecified atom stereocenters. The van der Waals surface area contributed by atoms with Crippen LogP contribution in [0, 0.1) is 0 Å². The molecule has 0 fully saturated rings. The molecule has 280 valence electrons. The van der Waals surface area contributed by atoms with Crippen LogP contribution in [0.3, 0.4) is 0 Å². The van der Waals surface area contributed by atoms with Crippen LogP contribution in [-0.2, 0) is 4.74 Å². The SMILES string of the molecule is C1=C[N+](c2ccccc2)=C2C=C3C(=CC2O1)c1ccccc1-c1ccc(-n2c4ccccc4c4ccccc42)cc1-c1cc(-n2c4ccccc4c4ccccc42)ccc13. The zero-order valence-electron chi connectivity index (χ0n) is 32.5. The largest absolute Gasteiger partial charge is 0.477 e. The van der Waals surface area contributed by atoms with Crippen LogP contribution in [0.5, 0.6) is 0 Å². The second-order valence-electron chi connectivity index (χ2n) is 15.9. The summed E-state index contributed by atoms with van der Waals surface area (Å²) in [5.41, 5.74) is 18.7. The lowest BCUT2D eigenvalue weighted by molar-refractivity contribution is -0.370. The first-order chi connectivity index (χ1) is 29.8. The van der Waals surface area contributed by atoms with Crippen LogP contribution in [0.4, 0.5) is 5.69 Å². The summed E-state index contributed by atoms with van der Waals surface area (Å²) in [6, 6.07) is 68.7. The molecule has 0 amide bonds. The second kappa shape index (κ2) is 12.8. The van der Waals surface area contributed by atoms with E-state index in [0.717, 1.165) is 22.8 Å². The molecule has 8 aromatic carbocycles. The van der Waals surface area contributed by atoms with E-state index in [9.17, 15) is 0 Å². The summed E-state index contributed by atoms with van der Waals surface area (Å²) in [4.78, 5) is 0. The summed E-state index contributed by atoms with van der Waals surface area (Å²) < 4.78 is 13.5. The van der Waals surface area contributed by atoms with Crippen molar-refractivity contribution in [2.45, 2.75) is 6.10 Å². The van der Waals surface area contributed by atoms with E-state index in [-0.39, 0.29) is 6.10 Å². The average Bonchev–Trinajstić information content (AvgIpc) is 3.84. The number of fused-ring (bicyclic) bond motifs is 15. The number of aromatic nitrogens is 2. The number of para-hydroxylation sites is 5. The maximum atomic E-state index is 6.42. The molecular weight excluding hydrogens is 731 g/mol. The van der Waals surface area contributed by atoms with Crippen molar-refractivity contribution < 1.29 is 9.31 Å². The number of nitrogens with zero attached hydrogens (tertiary/aromatic N) is 3. The monoisotopic (exact) mass is 766 g/mol. The van der Waals surface area contributed by atoms with Crippen molar-refractivity contribution in [2.24, 2.45) is 0 Å². The van der Waals surface area contributed by atoms with Gasteiger partial charge in [0.25, 0.3) is 0 Å². The summed E-state index contributed by atoms with van der Waals surface area (Å²) >= 11 is 0. The highest BCUT2D eigenvalue weighted by atomic mass is 16.5. The first-order valence-electron chi connectivity index (χ1n) is 20.6. The Kier molecular flexibility index (Phi) is 7.04. The number of hydrogen-bond donors (Lipinski definition) is 0. The van der Waals surface area contributed by atoms with E-state index in [1.165, 1.54) is 88.1 Å². The first kappa shape index (κ1) is 33.1. The number of rotatable bonds is 3. The molecule has 4 nitrogen and oxygen atoms in total. The molecule has 4 heteroatoms. The Morgan fingerprint density at radius 3 is 1.43 bits per heavy atom. The fraction of sp³-hybridized carbons (Fsp3) is 0.0179. The van der Waals surface area contributed by atoms with Gasteiger partial charge in [-0.3, -0.25) is 0 Å². The minimum atomic E-state index is -0.251. The molecule has 2 aromatic heterocycles. The van der Waals surface area contributed by atoms with E-state index in [4.69, 9.17) is 4.74 Å². The molecule has 60 heavy (non-hydrogen) atoms. The van der Waals surface area contributed by atoms with Crippen molar-refractivity contribution >= 4 is 66.2 Å². The highest BCUT2D eigenvalue weighted by Gasteiger charge is 2.36. The van der Waals surface area contributed by atoms with Crippen LogP contribution in [0.1, 0.15) is 11.1 Å². The lowest BCUT2D eigenvalue weighted by Crippen LogP contribution is -2.31. The van der Waals surface area contributed by atoms with Crippen LogP contribution in [0.2, 0.25) is 0 Å². The summed E-state index contributed by atoms with van der Waals surface area (Å²) in [5, 5.41) is 4.99. The van der Waals surface area contributed by atoms with Gasteiger partial charge in [-0.1, -0.05) is 127 Å². The van der Waals surface area contributed by atoms with Crippen LogP contribution in [-0.4, -0.2) is 25.5 Å². The number of hydrogen-bond acceptors (Lipinski definition) is 1. The molecule has 3 heterocycles. The van der Waals surface area contributed by atoms with Crippen LogP contribution >= 0.6 is 0 Å². The van der Waals surface area contributed by atoms with Gasteiger partial charge in [0, 0.05) is 51.1 Å². The van der Waals surface area contributed by atoms with Crippen LogP contribution in [0.25, 0.3) is 88.4 Å². The molecule has 0 saturated heterocycles. The molecular formula is C56H36N3O+. The highest BCUT2D eigenvalue weighted by molar-refractivity contribution is 6.22. The lowest BCUT2D eigenvalue weighted by atomic mass is 9.76. The van der Waals surface area contributed by atoms with Crippen molar-refractivity contribution in [3.8, 4) is 33.6 Å². The fourth-order valence-electron chi connectivity index (χ4n) is 10.1. The fourth-order valence-corrected chi connectivity index (χ4v) is 10.1. The first-order valence-corrected chi connectivity index (χ1v) is 20.6. The number of ether oxygens (including phenoxy) is 1. The summed E-state index contributed by atoms with van der Waals surface area (Å²) in [6.07, 6.45) is 8.30. The molecule has 2 aliphatic carbocycles. The third-order valence-electron chi connectivity index (χ3n) is 12.7. The van der Waals surface area contributed by atoms with Crippen LogP contribution < -0.4 is 0 Å². The molecule has 3 aliphatic rings. The zero-order chi connectivity index (χ0) is 39.3. The minimum Gasteiger partial charge on any atom is -0.477 e. The molecule has 13 rings (SSSR count). The normalized spacial score (nSPS) is 15.4. The third-order valence-corrected chi connectivity index (χ3v) is 12.7. The Hall–Kier alpha value is -7.95. The molecule has 0 N–H and O–H groups in total. The molecule has 0 saturated carbocycles. The smallest absolute Gasteiger partial charge is 0.233 e. The Labute approximate surface area is 346 Å². The maximum absolute atomic E-state index is 6.42. The van der Waals surface area contributed by atoms with E-state index in [0.29, 0.717) is 0 Å². The average molecular weight is 767 g/mol. The van der Waals surface area contributed by atoms with Gasteiger partial charge >= 0.3 is 0 Å². The summed E-state index contributed by atoms with van der Waals surface area (Å²) in [7, 11) is 0. The molecule has 0 bridgehead atoms. The Morgan fingerprint density at radius 2 is 0.850 bits per heavy atom. The van der Waals surface area contributed by atoms with Crippen LogP contribution in [0.15, 0.2) is 213 Å². The second-order valence-corrected chi connectivity index (χ2v) is 15.9. The van der Waals surface area contributed by atoms with Crippen molar-refractivity contribution in [3.63, 3.8) is 0 Å². The lowest BCUT2D eigenvalue weighted by Gasteiger charge is -2.29. The van der Waals surface area contributed by atoms with Gasteiger partial charge in [0.05, 0.1) is 22.1 Å². The van der Waals surface area contributed by atoms with Gasteiger partial charge in [-0.05, 0) is 99.1 Å². The molecule has 10 aromatic rings. The predicted molar refractivity (Wildman–Crippen MR) is 247 cm³/mol. The summed E-state index contributed by atoms with van der Waals surface area (Å²) in [5.74, 6) is 0. The topological polar surface area (TPSA) is 22.1 Å². The predicted octanol–water partition coefficient (Wildman–Crippen LogP) is 13.7. The summed E-state index contributed by atoms with van der Waals surface area (Å²) in [6.45, 7) is 0. The van der Waals surface area contributed by atoms with Gasteiger partial charge in [-0.2, -0.15) is 4.58 Å². The Bertz CT molecular complexity index is 3470. The molecule has 0 spiro atoms. The van der Waals surface area contributed by atoms with Crippen molar-refractivity contribution in [1.29, 1.82) is 0 Å². The standard InChI is InChI=1S/C56H36N3O/c1-2-14-36(15-3-1)57-30-31-60-56-35-50-40-17-5-4-16-39(40)41-28-26-37(58-51-22-10-6-18-43(51)44-19-7-11-23-52(44)58)32-47(41)48-33-38(27-29-42(48)49(50)34-55(56)57)59-53-24-12-8-20-45(53)46-21-9-13-25-54(46)59/h1-35,56H/q+1. The maximum Gasteiger partial charge on any atom is 0.233 e. The Balaban J connectivity index is 1.15. The van der Waals surface area contributed by atoms with Gasteiger partial charge in [0.15, 0.2) is 0 Å². The van der Waals surface area contributed by atoms with Gasteiger partial charge < -0.3 is 13.9 Å². The molecule has 0 radical (unpaired) electrons. The van der Waals surface area contributed by atoms with Gasteiger partial charge in [-0.25, -0.2) is 0 Å². The van der Waals surface area contributed by atoms with Crippen molar-refractivity contribution in [2.75, 3.05) is 0 Å². The van der Waals surface area contributed by atoms with E-state index in [2.05, 4.69) is 214 Å². The number of benzene rings is 8. The van der Waals surface area contributed by atoms with E-state index in [1.807, 2.05) is 12.5 Å². The quantitative estimate of drug-likeness (QED) is 0.164. The van der Waals surface area contributed by atoms with E-state index < -0.39 is 0 Å². The third kappa shape index (κ3) is 4.76. The van der Waals surface area contributed by atoms with Gasteiger partial charge in [0.2, 0.25) is 23.7 Å². The van der Waals surface area contributed by atoms with Gasteiger partial charge in [-0.15, -0.1) is 0 Å². The van der Waals surface area contributed by atoms with E-state index in [1.54, 1.807) is 0 Å². The zero-order valence-corrected chi connectivity index (χ0v) is 32.5. The van der Waals surface area contributed by atoms with E-state index >= 15 is 0 Å². The highest BCUT2D eigenvalue weighted by Crippen LogP contribution is 2.50. The Morgan fingerprint density at radius 1 is 0.400 bits per heavy atom. The van der Waals surface area contributed by atoms with Crippen molar-refractivity contribution in [1.82, 2.24) is 9.13 Å². The molecule has 1 atom stereocenters. The van der Waals surface area contributed by atoms with Gasteiger partial charge in [0.1, 0.15) is 6.26 Å². The molecule has 1 aliphatic heterocycles. The number of allylic oxidation sites excluding steroid dienone is 2. The minimum absolute atomic E-state index is 0.251.